The molecule has 0 aromatic rings. The number of hydrogen-bond donors (Lipinski definition) is 0. The van der Waals surface area contributed by atoms with Crippen LogP contribution in [0, 0.1) is 5.92 Å². The van der Waals surface area contributed by atoms with Crippen molar-refractivity contribution in [1.82, 2.24) is 4.90 Å². The molecule has 0 radical (unpaired) electrons. The van der Waals surface area contributed by atoms with E-state index in [1.807, 2.05) is 11.9 Å². The van der Waals surface area contributed by atoms with Crippen LogP contribution in [0.2, 0.25) is 0 Å². The van der Waals surface area contributed by atoms with Gasteiger partial charge < -0.3 is 4.90 Å². The van der Waals surface area contributed by atoms with Crippen LogP contribution < -0.4 is 0 Å². The van der Waals surface area contributed by atoms with Crippen molar-refractivity contribution in [2.24, 2.45) is 5.92 Å². The molecule has 180 valence electrons. The van der Waals surface area contributed by atoms with Crippen molar-refractivity contribution in [2.45, 2.75) is 117 Å². The van der Waals surface area contributed by atoms with E-state index in [0.717, 1.165) is 25.6 Å². The SMILES string of the molecule is CCCCCCCCC(CCCCCC)CC(=O)N(C)CCCCCOS(C)(=O)=O. The second-order valence-electron chi connectivity index (χ2n) is 8.88. The highest BCUT2D eigenvalue weighted by atomic mass is 32.2. The van der Waals surface area contributed by atoms with Gasteiger partial charge in [0.2, 0.25) is 5.91 Å². The van der Waals surface area contributed by atoms with E-state index in [-0.39, 0.29) is 12.5 Å². The van der Waals surface area contributed by atoms with E-state index in [1.165, 1.54) is 77.0 Å². The molecule has 0 N–H and O–H groups in total. The molecule has 0 saturated heterocycles. The molecule has 0 saturated carbocycles. The van der Waals surface area contributed by atoms with Crippen LogP contribution >= 0.6 is 0 Å². The lowest BCUT2D eigenvalue weighted by Crippen LogP contribution is -2.29. The zero-order valence-electron chi connectivity index (χ0n) is 20.3. The van der Waals surface area contributed by atoms with E-state index in [0.29, 0.717) is 18.8 Å². The zero-order valence-corrected chi connectivity index (χ0v) is 21.1. The van der Waals surface area contributed by atoms with Crippen LogP contribution in [-0.4, -0.2) is 45.7 Å². The van der Waals surface area contributed by atoms with Gasteiger partial charge >= 0.3 is 0 Å². The topological polar surface area (TPSA) is 63.7 Å². The van der Waals surface area contributed by atoms with Crippen LogP contribution in [0.25, 0.3) is 0 Å². The summed E-state index contributed by atoms with van der Waals surface area (Å²) in [4.78, 5) is 14.5. The largest absolute Gasteiger partial charge is 0.346 e. The highest BCUT2D eigenvalue weighted by Gasteiger charge is 2.16. The third-order valence-electron chi connectivity index (χ3n) is 5.76. The normalized spacial score (nSPS) is 12.8. The lowest BCUT2D eigenvalue weighted by atomic mass is 9.91. The molecule has 1 unspecified atom stereocenters. The second kappa shape index (κ2) is 19.1. The van der Waals surface area contributed by atoms with Gasteiger partial charge in [-0.05, 0) is 38.0 Å². The molecule has 0 aromatic heterocycles. The molecule has 0 fully saturated rings. The first-order valence-electron chi connectivity index (χ1n) is 12.4. The van der Waals surface area contributed by atoms with Crippen LogP contribution in [0.15, 0.2) is 0 Å². The molecule has 1 atom stereocenters. The van der Waals surface area contributed by atoms with Gasteiger partial charge in [-0.25, -0.2) is 0 Å². The van der Waals surface area contributed by atoms with Gasteiger partial charge in [0.05, 0.1) is 12.9 Å². The standard InChI is InChI=1S/C24H49NO4S/c1-5-7-9-11-12-15-19-23(18-14-10-8-6-2)22-24(26)25(3)20-16-13-17-21-29-30(4,27)28/h23H,5-22H2,1-4H3. The van der Waals surface area contributed by atoms with Gasteiger partial charge in [-0.15, -0.1) is 0 Å². The first kappa shape index (κ1) is 29.4. The first-order valence-corrected chi connectivity index (χ1v) is 14.2. The molecule has 30 heavy (non-hydrogen) atoms. The van der Waals surface area contributed by atoms with E-state index in [2.05, 4.69) is 13.8 Å². The van der Waals surface area contributed by atoms with E-state index in [1.54, 1.807) is 0 Å². The van der Waals surface area contributed by atoms with Gasteiger partial charge in [-0.3, -0.25) is 8.98 Å². The Bertz CT molecular complexity index is 507. The number of carbonyl (C=O) groups is 1. The fraction of sp³-hybridized carbons (Fsp3) is 0.958. The Morgan fingerprint density at radius 2 is 1.30 bits per heavy atom. The van der Waals surface area contributed by atoms with Crippen molar-refractivity contribution in [3.8, 4) is 0 Å². The smallest absolute Gasteiger partial charge is 0.264 e. The summed E-state index contributed by atoms with van der Waals surface area (Å²) in [6.45, 7) is 5.45. The van der Waals surface area contributed by atoms with Crippen LogP contribution in [0.5, 0.6) is 0 Å². The predicted molar refractivity (Wildman–Crippen MR) is 127 cm³/mol. The number of hydrogen-bond acceptors (Lipinski definition) is 4. The monoisotopic (exact) mass is 447 g/mol. The van der Waals surface area contributed by atoms with Gasteiger partial charge in [-0.2, -0.15) is 8.42 Å². The fourth-order valence-corrected chi connectivity index (χ4v) is 4.21. The Morgan fingerprint density at radius 3 is 1.87 bits per heavy atom. The summed E-state index contributed by atoms with van der Waals surface area (Å²) in [6.07, 6.45) is 19.5. The summed E-state index contributed by atoms with van der Waals surface area (Å²) < 4.78 is 26.6. The molecule has 0 bridgehead atoms. The van der Waals surface area contributed by atoms with Crippen molar-refractivity contribution in [3.63, 3.8) is 0 Å². The minimum absolute atomic E-state index is 0.231. The van der Waals surface area contributed by atoms with Gasteiger partial charge in [-0.1, -0.05) is 78.1 Å². The summed E-state index contributed by atoms with van der Waals surface area (Å²) in [5.74, 6) is 0.778. The molecule has 5 nitrogen and oxygen atoms in total. The van der Waals surface area contributed by atoms with E-state index < -0.39 is 10.1 Å². The van der Waals surface area contributed by atoms with Crippen molar-refractivity contribution in [3.05, 3.63) is 0 Å². The van der Waals surface area contributed by atoms with Crippen molar-refractivity contribution in [1.29, 1.82) is 0 Å². The van der Waals surface area contributed by atoms with Gasteiger partial charge in [0, 0.05) is 20.0 Å². The highest BCUT2D eigenvalue weighted by Crippen LogP contribution is 2.22. The third kappa shape index (κ3) is 19.3. The van der Waals surface area contributed by atoms with Crippen LogP contribution in [0.4, 0.5) is 0 Å². The molecular formula is C24H49NO4S. The second-order valence-corrected chi connectivity index (χ2v) is 10.5. The van der Waals surface area contributed by atoms with Crippen LogP contribution in [0.3, 0.4) is 0 Å². The summed E-state index contributed by atoms with van der Waals surface area (Å²) in [6, 6.07) is 0. The summed E-state index contributed by atoms with van der Waals surface area (Å²) in [5.41, 5.74) is 0. The predicted octanol–water partition coefficient (Wildman–Crippen LogP) is 6.32. The minimum Gasteiger partial charge on any atom is -0.346 e. The third-order valence-corrected chi connectivity index (χ3v) is 6.35. The molecule has 0 aromatic carbocycles. The summed E-state index contributed by atoms with van der Waals surface area (Å²) in [5, 5.41) is 0. The number of carbonyl (C=O) groups excluding carboxylic acids is 1. The molecule has 6 heteroatoms. The van der Waals surface area contributed by atoms with Crippen molar-refractivity contribution < 1.29 is 17.4 Å². The summed E-state index contributed by atoms with van der Waals surface area (Å²) >= 11 is 0. The molecule has 0 aliphatic heterocycles. The Hall–Kier alpha value is -0.620. The molecule has 0 aliphatic carbocycles. The Balaban J connectivity index is 4.17. The Kier molecular flexibility index (Phi) is 18.7. The fourth-order valence-electron chi connectivity index (χ4n) is 3.79. The average Bonchev–Trinajstić information content (AvgIpc) is 2.69. The molecule has 0 rings (SSSR count). The minimum atomic E-state index is -3.35. The van der Waals surface area contributed by atoms with E-state index in [9.17, 15) is 13.2 Å². The Morgan fingerprint density at radius 1 is 0.800 bits per heavy atom. The maximum absolute atomic E-state index is 12.7. The van der Waals surface area contributed by atoms with E-state index >= 15 is 0 Å². The average molecular weight is 448 g/mol. The van der Waals surface area contributed by atoms with Crippen molar-refractivity contribution in [2.75, 3.05) is 26.5 Å². The Labute approximate surface area is 187 Å². The van der Waals surface area contributed by atoms with E-state index in [4.69, 9.17) is 4.18 Å². The van der Waals surface area contributed by atoms with Gasteiger partial charge in [0.25, 0.3) is 10.1 Å². The molecular weight excluding hydrogens is 398 g/mol. The van der Waals surface area contributed by atoms with Gasteiger partial charge in [0.1, 0.15) is 0 Å². The summed E-state index contributed by atoms with van der Waals surface area (Å²) in [7, 11) is -1.45. The lowest BCUT2D eigenvalue weighted by molar-refractivity contribution is -0.131. The number of nitrogens with zero attached hydrogens (tertiary/aromatic N) is 1. The maximum atomic E-state index is 12.7. The quantitative estimate of drug-likeness (QED) is 0.153. The van der Waals surface area contributed by atoms with Crippen LogP contribution in [0.1, 0.15) is 117 Å². The first-order chi connectivity index (χ1) is 14.3. The molecule has 0 heterocycles. The lowest BCUT2D eigenvalue weighted by Gasteiger charge is -2.22. The highest BCUT2D eigenvalue weighted by molar-refractivity contribution is 7.85. The molecule has 1 amide bonds. The zero-order chi connectivity index (χ0) is 22.7. The van der Waals surface area contributed by atoms with Gasteiger partial charge in [0.15, 0.2) is 0 Å². The van der Waals surface area contributed by atoms with Crippen molar-refractivity contribution >= 4 is 16.0 Å². The molecule has 0 spiro atoms. The maximum Gasteiger partial charge on any atom is 0.264 e. The molecule has 0 aliphatic rings. The number of rotatable bonds is 21. The van der Waals surface area contributed by atoms with Crippen LogP contribution in [-0.2, 0) is 19.1 Å². The number of unbranched alkanes of at least 4 members (excludes halogenated alkanes) is 10. The number of amides is 1.